The van der Waals surface area contributed by atoms with Crippen molar-refractivity contribution in [2.24, 2.45) is 4.99 Å². The van der Waals surface area contributed by atoms with Gasteiger partial charge in [-0.25, -0.2) is 0 Å². The van der Waals surface area contributed by atoms with E-state index < -0.39 is 0 Å². The lowest BCUT2D eigenvalue weighted by molar-refractivity contribution is 0.387. The highest BCUT2D eigenvalue weighted by atomic mass is 127. The summed E-state index contributed by atoms with van der Waals surface area (Å²) in [5.74, 6) is 1.81. The Kier molecular flexibility index (Phi) is 7.44. The number of aliphatic imine (C=N–C) groups is 1. The molecule has 0 spiro atoms. The van der Waals surface area contributed by atoms with Crippen molar-refractivity contribution < 1.29 is 4.52 Å². The molecule has 0 aliphatic carbocycles. The average molecular weight is 422 g/mol. The van der Waals surface area contributed by atoms with Gasteiger partial charge in [0.2, 0.25) is 5.89 Å². The van der Waals surface area contributed by atoms with Crippen molar-refractivity contribution >= 4 is 41.5 Å². The van der Waals surface area contributed by atoms with E-state index in [9.17, 15) is 0 Å². The zero-order valence-electron chi connectivity index (χ0n) is 11.8. The minimum Gasteiger partial charge on any atom is -0.352 e. The summed E-state index contributed by atoms with van der Waals surface area (Å²) in [5, 5.41) is 10.8. The summed E-state index contributed by atoms with van der Waals surface area (Å²) in [5.41, 5.74) is 1.12. The van der Waals surface area contributed by atoms with E-state index >= 15 is 0 Å². The van der Waals surface area contributed by atoms with E-state index in [0.29, 0.717) is 30.8 Å². The van der Waals surface area contributed by atoms with E-state index in [4.69, 9.17) is 16.1 Å². The van der Waals surface area contributed by atoms with Gasteiger partial charge in [-0.3, -0.25) is 4.99 Å². The maximum atomic E-state index is 5.84. The van der Waals surface area contributed by atoms with Crippen LogP contribution in [0.1, 0.15) is 17.3 Å². The number of aromatic nitrogens is 2. The lowest BCUT2D eigenvalue weighted by atomic mass is 10.2. The first-order valence-corrected chi connectivity index (χ1v) is 6.53. The lowest BCUT2D eigenvalue weighted by Crippen LogP contribution is -2.36. The Morgan fingerprint density at radius 3 is 2.48 bits per heavy atom. The van der Waals surface area contributed by atoms with E-state index in [1.54, 1.807) is 14.0 Å². The molecule has 2 N–H and O–H groups in total. The number of guanidine groups is 1. The molecule has 0 unspecified atom stereocenters. The first-order valence-electron chi connectivity index (χ1n) is 6.15. The molecule has 0 saturated heterocycles. The van der Waals surface area contributed by atoms with Crippen LogP contribution in [0.3, 0.4) is 0 Å². The van der Waals surface area contributed by atoms with Crippen LogP contribution in [0, 0.1) is 6.92 Å². The number of hydrogen-bond donors (Lipinski definition) is 2. The molecule has 8 heteroatoms. The van der Waals surface area contributed by atoms with Gasteiger partial charge in [0.05, 0.1) is 6.54 Å². The third-order valence-electron chi connectivity index (χ3n) is 2.58. The largest absolute Gasteiger partial charge is 0.352 e. The summed E-state index contributed by atoms with van der Waals surface area (Å²) in [6.45, 7) is 2.86. The van der Waals surface area contributed by atoms with Crippen molar-refractivity contribution in [2.45, 2.75) is 20.0 Å². The Morgan fingerprint density at radius 2 is 1.90 bits per heavy atom. The second kappa shape index (κ2) is 8.83. The van der Waals surface area contributed by atoms with Crippen molar-refractivity contribution in [3.8, 4) is 0 Å². The van der Waals surface area contributed by atoms with Crippen molar-refractivity contribution in [1.82, 2.24) is 20.8 Å². The normalized spacial score (nSPS) is 10.9. The van der Waals surface area contributed by atoms with Crippen LogP contribution in [0.15, 0.2) is 33.8 Å². The zero-order chi connectivity index (χ0) is 14.4. The average Bonchev–Trinajstić information content (AvgIpc) is 2.87. The molecule has 2 rings (SSSR count). The minimum absolute atomic E-state index is 0. The Bertz CT molecular complexity index is 585. The van der Waals surface area contributed by atoms with Crippen LogP contribution in [0.2, 0.25) is 5.02 Å². The number of rotatable bonds is 4. The number of nitrogens with zero attached hydrogens (tertiary/aromatic N) is 3. The van der Waals surface area contributed by atoms with Crippen molar-refractivity contribution in [3.63, 3.8) is 0 Å². The van der Waals surface area contributed by atoms with Crippen LogP contribution in [0.25, 0.3) is 0 Å². The predicted molar refractivity (Wildman–Crippen MR) is 92.9 cm³/mol. The molecule has 1 heterocycles. The van der Waals surface area contributed by atoms with Crippen LogP contribution >= 0.6 is 35.6 Å². The summed E-state index contributed by atoms with van der Waals surface area (Å²) in [7, 11) is 1.71. The van der Waals surface area contributed by atoms with Crippen molar-refractivity contribution in [1.29, 1.82) is 0 Å². The molecule has 1 aromatic carbocycles. The van der Waals surface area contributed by atoms with Gasteiger partial charge in [-0.15, -0.1) is 24.0 Å². The molecule has 0 amide bonds. The minimum atomic E-state index is 0. The van der Waals surface area contributed by atoms with Gasteiger partial charge in [0, 0.05) is 25.5 Å². The van der Waals surface area contributed by atoms with E-state index in [-0.39, 0.29) is 24.0 Å². The molecule has 0 fully saturated rings. The van der Waals surface area contributed by atoms with E-state index in [1.165, 1.54) is 0 Å². The lowest BCUT2D eigenvalue weighted by Gasteiger charge is -2.10. The highest BCUT2D eigenvalue weighted by Crippen LogP contribution is 2.08. The molecule has 0 aliphatic rings. The number of aryl methyl sites for hydroxylation is 1. The molecule has 21 heavy (non-hydrogen) atoms. The van der Waals surface area contributed by atoms with Gasteiger partial charge >= 0.3 is 0 Å². The van der Waals surface area contributed by atoms with Crippen LogP contribution < -0.4 is 10.6 Å². The summed E-state index contributed by atoms with van der Waals surface area (Å²) >= 11 is 5.84. The first kappa shape index (κ1) is 17.7. The van der Waals surface area contributed by atoms with Crippen molar-refractivity contribution in [3.05, 3.63) is 46.6 Å². The Hall–Kier alpha value is -1.35. The number of halogens is 2. The maximum Gasteiger partial charge on any atom is 0.223 e. The maximum absolute atomic E-state index is 5.84. The Morgan fingerprint density at radius 1 is 1.24 bits per heavy atom. The highest BCUT2D eigenvalue weighted by Gasteiger charge is 2.03. The summed E-state index contributed by atoms with van der Waals surface area (Å²) in [4.78, 5) is 8.23. The third kappa shape index (κ3) is 5.88. The van der Waals surface area contributed by atoms with Gasteiger partial charge in [0.25, 0.3) is 0 Å². The molecule has 1 aromatic heterocycles. The van der Waals surface area contributed by atoms with Gasteiger partial charge in [-0.05, 0) is 17.7 Å². The van der Waals surface area contributed by atoms with E-state index in [2.05, 4.69) is 25.8 Å². The van der Waals surface area contributed by atoms with Crippen molar-refractivity contribution in [2.75, 3.05) is 7.05 Å². The molecule has 0 bridgehead atoms. The topological polar surface area (TPSA) is 75.3 Å². The van der Waals surface area contributed by atoms with Crippen LogP contribution in [-0.2, 0) is 13.1 Å². The van der Waals surface area contributed by atoms with Crippen LogP contribution in [-0.4, -0.2) is 23.1 Å². The van der Waals surface area contributed by atoms with Gasteiger partial charge < -0.3 is 15.2 Å². The van der Waals surface area contributed by atoms with Crippen LogP contribution in [0.5, 0.6) is 0 Å². The SMILES string of the molecule is CN=C(NCc1ccc(Cl)cc1)NCc1noc(C)n1.I. The molecule has 0 aliphatic heterocycles. The number of nitrogens with one attached hydrogen (secondary N) is 2. The molecule has 6 nitrogen and oxygen atoms in total. The molecular weight excluding hydrogens is 405 g/mol. The summed E-state index contributed by atoms with van der Waals surface area (Å²) in [6, 6.07) is 7.64. The number of benzene rings is 1. The smallest absolute Gasteiger partial charge is 0.223 e. The fourth-order valence-corrected chi connectivity index (χ4v) is 1.71. The zero-order valence-corrected chi connectivity index (χ0v) is 14.8. The standard InChI is InChI=1S/C13H16ClN5O.HI/c1-9-18-12(19-20-9)8-17-13(15-2)16-7-10-3-5-11(14)6-4-10;/h3-6H,7-8H2,1-2H3,(H2,15,16,17);1H. The van der Waals surface area contributed by atoms with E-state index in [1.807, 2.05) is 24.3 Å². The molecular formula is C13H17ClIN5O. The molecule has 0 saturated carbocycles. The van der Waals surface area contributed by atoms with E-state index in [0.717, 1.165) is 10.6 Å². The summed E-state index contributed by atoms with van der Waals surface area (Å²) < 4.78 is 4.90. The van der Waals surface area contributed by atoms with Gasteiger partial charge in [0.15, 0.2) is 11.8 Å². The summed E-state index contributed by atoms with van der Waals surface area (Å²) in [6.07, 6.45) is 0. The fourth-order valence-electron chi connectivity index (χ4n) is 1.58. The second-order valence-corrected chi connectivity index (χ2v) is 4.57. The molecule has 0 radical (unpaired) electrons. The Balaban J connectivity index is 0.00000220. The van der Waals surface area contributed by atoms with Gasteiger partial charge in [-0.1, -0.05) is 28.9 Å². The fraction of sp³-hybridized carbons (Fsp3) is 0.308. The van der Waals surface area contributed by atoms with Gasteiger partial charge in [0.1, 0.15) is 0 Å². The monoisotopic (exact) mass is 421 g/mol. The number of hydrogen-bond acceptors (Lipinski definition) is 4. The van der Waals surface area contributed by atoms with Gasteiger partial charge in [-0.2, -0.15) is 4.98 Å². The molecule has 0 atom stereocenters. The predicted octanol–water partition coefficient (Wildman–Crippen LogP) is 2.51. The Labute approximate surface area is 145 Å². The first-order chi connectivity index (χ1) is 9.67. The second-order valence-electron chi connectivity index (χ2n) is 4.14. The third-order valence-corrected chi connectivity index (χ3v) is 2.83. The molecule has 2 aromatic rings. The van der Waals surface area contributed by atoms with Crippen LogP contribution in [0.4, 0.5) is 0 Å². The molecule has 114 valence electrons. The highest BCUT2D eigenvalue weighted by molar-refractivity contribution is 14.0. The quantitative estimate of drug-likeness (QED) is 0.451.